The third kappa shape index (κ3) is 6.63. The fraction of sp³-hybridized carbons (Fsp3) is 0.875. The highest BCUT2D eigenvalue weighted by molar-refractivity contribution is 8.22. The van der Waals surface area contributed by atoms with Crippen molar-refractivity contribution >= 4 is 28.4 Å². The lowest BCUT2D eigenvalue weighted by Gasteiger charge is -2.15. The summed E-state index contributed by atoms with van der Waals surface area (Å²) in [7, 11) is 0. The minimum atomic E-state index is 0.259. The molecule has 0 amide bonds. The Balaban J connectivity index is 3.51. The standard InChI is InChI=1S/C8H16OS2/c1-6(2)5-7(3)9-8(10)11-4/h6-7H,5H2,1-4H3/t7-/m0/s1. The van der Waals surface area contributed by atoms with Gasteiger partial charge in [-0.15, -0.1) is 0 Å². The van der Waals surface area contributed by atoms with Crippen LogP contribution in [0.15, 0.2) is 0 Å². The molecule has 0 heterocycles. The lowest BCUT2D eigenvalue weighted by atomic mass is 10.1. The third-order valence-electron chi connectivity index (χ3n) is 1.27. The maximum absolute atomic E-state index is 5.40. The average molecular weight is 192 g/mol. The van der Waals surface area contributed by atoms with E-state index in [1.807, 2.05) is 6.26 Å². The quantitative estimate of drug-likeness (QED) is 0.636. The summed E-state index contributed by atoms with van der Waals surface area (Å²) < 4.78 is 6.06. The molecule has 1 atom stereocenters. The smallest absolute Gasteiger partial charge is 0.219 e. The van der Waals surface area contributed by atoms with Crippen molar-refractivity contribution in [2.24, 2.45) is 5.92 Å². The van der Waals surface area contributed by atoms with Crippen LogP contribution in [-0.4, -0.2) is 16.7 Å². The fourth-order valence-electron chi connectivity index (χ4n) is 0.924. The van der Waals surface area contributed by atoms with Gasteiger partial charge >= 0.3 is 0 Å². The molecule has 0 aromatic rings. The molecule has 1 nitrogen and oxygen atoms in total. The van der Waals surface area contributed by atoms with Crippen molar-refractivity contribution in [3.63, 3.8) is 0 Å². The molecular formula is C8H16OS2. The number of rotatable bonds is 3. The summed E-state index contributed by atoms with van der Waals surface area (Å²) in [5, 5.41) is 0. The van der Waals surface area contributed by atoms with E-state index in [1.54, 1.807) is 0 Å². The van der Waals surface area contributed by atoms with Gasteiger partial charge in [-0.2, -0.15) is 0 Å². The van der Waals surface area contributed by atoms with Crippen molar-refractivity contribution in [3.8, 4) is 0 Å². The van der Waals surface area contributed by atoms with Crippen LogP contribution < -0.4 is 0 Å². The normalized spacial score (nSPS) is 13.2. The number of hydrogen-bond donors (Lipinski definition) is 0. The first-order valence-electron chi connectivity index (χ1n) is 3.80. The first-order chi connectivity index (χ1) is 5.06. The van der Waals surface area contributed by atoms with E-state index in [0.29, 0.717) is 10.3 Å². The molecule has 0 aliphatic rings. The Kier molecular flexibility index (Phi) is 5.96. The van der Waals surface area contributed by atoms with Gasteiger partial charge in [-0.3, -0.25) is 0 Å². The monoisotopic (exact) mass is 192 g/mol. The van der Waals surface area contributed by atoms with E-state index in [2.05, 4.69) is 20.8 Å². The predicted molar refractivity (Wildman–Crippen MR) is 56.1 cm³/mol. The summed E-state index contributed by atoms with van der Waals surface area (Å²) in [4.78, 5) is 0. The highest BCUT2D eigenvalue weighted by Crippen LogP contribution is 2.11. The molecule has 0 unspecified atom stereocenters. The van der Waals surface area contributed by atoms with Crippen LogP contribution in [-0.2, 0) is 4.74 Å². The van der Waals surface area contributed by atoms with E-state index >= 15 is 0 Å². The van der Waals surface area contributed by atoms with Crippen LogP contribution in [0.2, 0.25) is 0 Å². The molecule has 11 heavy (non-hydrogen) atoms. The van der Waals surface area contributed by atoms with Gasteiger partial charge in [0.2, 0.25) is 4.38 Å². The number of thioether (sulfide) groups is 1. The van der Waals surface area contributed by atoms with Crippen LogP contribution in [0.3, 0.4) is 0 Å². The van der Waals surface area contributed by atoms with E-state index < -0.39 is 0 Å². The van der Waals surface area contributed by atoms with Crippen LogP contribution in [0, 0.1) is 5.92 Å². The molecule has 0 bridgehead atoms. The Morgan fingerprint density at radius 2 is 2.00 bits per heavy atom. The van der Waals surface area contributed by atoms with Gasteiger partial charge in [-0.25, -0.2) is 0 Å². The highest BCUT2D eigenvalue weighted by atomic mass is 32.2. The Morgan fingerprint density at radius 3 is 2.36 bits per heavy atom. The first kappa shape index (κ1) is 11.2. The van der Waals surface area contributed by atoms with Gasteiger partial charge in [-0.05, 0) is 37.7 Å². The Morgan fingerprint density at radius 1 is 1.45 bits per heavy atom. The maximum atomic E-state index is 5.40. The second-order valence-electron chi connectivity index (χ2n) is 3.01. The van der Waals surface area contributed by atoms with E-state index in [4.69, 9.17) is 17.0 Å². The van der Waals surface area contributed by atoms with Crippen molar-refractivity contribution in [3.05, 3.63) is 0 Å². The predicted octanol–water partition coefficient (Wildman–Crippen LogP) is 3.09. The van der Waals surface area contributed by atoms with Crippen LogP contribution in [0.1, 0.15) is 27.2 Å². The molecule has 0 saturated carbocycles. The van der Waals surface area contributed by atoms with E-state index in [9.17, 15) is 0 Å². The first-order valence-corrected chi connectivity index (χ1v) is 5.44. The van der Waals surface area contributed by atoms with Gasteiger partial charge in [0, 0.05) is 0 Å². The molecule has 0 rings (SSSR count). The van der Waals surface area contributed by atoms with Gasteiger partial charge in [0.15, 0.2) is 0 Å². The molecule has 0 aromatic carbocycles. The second-order valence-corrected chi connectivity index (χ2v) is 4.42. The molecule has 0 aromatic heterocycles. The minimum absolute atomic E-state index is 0.259. The highest BCUT2D eigenvalue weighted by Gasteiger charge is 2.06. The lowest BCUT2D eigenvalue weighted by Crippen LogP contribution is -2.13. The average Bonchev–Trinajstić information content (AvgIpc) is 1.85. The van der Waals surface area contributed by atoms with Crippen molar-refractivity contribution in [1.29, 1.82) is 0 Å². The summed E-state index contributed by atoms with van der Waals surface area (Å²) in [6.07, 6.45) is 3.26. The molecule has 0 spiro atoms. The molecule has 0 fully saturated rings. The lowest BCUT2D eigenvalue weighted by molar-refractivity contribution is 0.192. The molecular weight excluding hydrogens is 176 g/mol. The summed E-state index contributed by atoms with van der Waals surface area (Å²) in [6, 6.07) is 0. The SMILES string of the molecule is CSC(=S)O[C@@H](C)CC(C)C. The zero-order valence-corrected chi connectivity index (χ0v) is 9.22. The molecule has 66 valence electrons. The van der Waals surface area contributed by atoms with E-state index in [0.717, 1.165) is 6.42 Å². The van der Waals surface area contributed by atoms with Crippen LogP contribution in [0.5, 0.6) is 0 Å². The summed E-state index contributed by atoms with van der Waals surface area (Å²) in [6.45, 7) is 6.42. The molecule has 3 heteroatoms. The Labute approximate surface area is 78.9 Å². The van der Waals surface area contributed by atoms with Crippen LogP contribution >= 0.6 is 24.0 Å². The number of hydrogen-bond acceptors (Lipinski definition) is 3. The van der Waals surface area contributed by atoms with Crippen LogP contribution in [0.4, 0.5) is 0 Å². The fourth-order valence-corrected chi connectivity index (χ4v) is 1.35. The summed E-state index contributed by atoms with van der Waals surface area (Å²) >= 11 is 6.41. The number of thiocarbonyl (C=S) groups is 1. The van der Waals surface area contributed by atoms with Crippen molar-refractivity contribution in [2.45, 2.75) is 33.3 Å². The zero-order chi connectivity index (χ0) is 8.85. The summed E-state index contributed by atoms with van der Waals surface area (Å²) in [5.41, 5.74) is 0. The van der Waals surface area contributed by atoms with Crippen LogP contribution in [0.25, 0.3) is 0 Å². The minimum Gasteiger partial charge on any atom is -0.476 e. The largest absolute Gasteiger partial charge is 0.476 e. The topological polar surface area (TPSA) is 9.23 Å². The van der Waals surface area contributed by atoms with E-state index in [-0.39, 0.29) is 6.10 Å². The molecule has 0 N–H and O–H groups in total. The second kappa shape index (κ2) is 5.84. The zero-order valence-electron chi connectivity index (χ0n) is 7.59. The van der Waals surface area contributed by atoms with E-state index in [1.165, 1.54) is 11.8 Å². The van der Waals surface area contributed by atoms with Crippen molar-refractivity contribution in [1.82, 2.24) is 0 Å². The maximum Gasteiger partial charge on any atom is 0.219 e. The van der Waals surface area contributed by atoms with Crippen molar-refractivity contribution in [2.75, 3.05) is 6.26 Å². The number of ether oxygens (including phenoxy) is 1. The molecule has 0 aliphatic carbocycles. The van der Waals surface area contributed by atoms with Gasteiger partial charge in [0.1, 0.15) is 0 Å². The van der Waals surface area contributed by atoms with Gasteiger partial charge in [0.25, 0.3) is 0 Å². The Bertz CT molecular complexity index is 123. The molecule has 0 saturated heterocycles. The molecule has 0 aliphatic heterocycles. The van der Waals surface area contributed by atoms with Crippen molar-refractivity contribution < 1.29 is 4.74 Å². The molecule has 0 radical (unpaired) electrons. The third-order valence-corrected chi connectivity index (χ3v) is 2.29. The van der Waals surface area contributed by atoms with Gasteiger partial charge < -0.3 is 4.74 Å². The Hall–Kier alpha value is 0.240. The van der Waals surface area contributed by atoms with Gasteiger partial charge in [-0.1, -0.05) is 25.6 Å². The van der Waals surface area contributed by atoms with Gasteiger partial charge in [0.05, 0.1) is 6.10 Å². The summed E-state index contributed by atoms with van der Waals surface area (Å²) in [5.74, 6) is 0.676.